The zero-order valence-corrected chi connectivity index (χ0v) is 17.8. The molecule has 0 aliphatic heterocycles. The van der Waals surface area contributed by atoms with E-state index in [0.29, 0.717) is 5.56 Å². The van der Waals surface area contributed by atoms with E-state index in [1.165, 1.54) is 18.2 Å². The first-order valence-electron chi connectivity index (χ1n) is 8.98. The van der Waals surface area contributed by atoms with Crippen LogP contribution in [0.5, 0.6) is 0 Å². The molecule has 2 N–H and O–H groups in total. The van der Waals surface area contributed by atoms with Crippen LogP contribution in [-0.4, -0.2) is 26.3 Å². The summed E-state index contributed by atoms with van der Waals surface area (Å²) in [6.45, 7) is 1.84. The number of nitrogens with zero attached hydrogens (tertiary/aromatic N) is 1. The Hall–Kier alpha value is -2.74. The predicted molar refractivity (Wildman–Crippen MR) is 118 cm³/mol. The summed E-state index contributed by atoms with van der Waals surface area (Å²) in [6.07, 6.45) is 3.32. The third-order valence-corrected chi connectivity index (χ3v) is 6.68. The normalized spacial score (nSPS) is 12.8. The van der Waals surface area contributed by atoms with Crippen molar-refractivity contribution in [3.8, 4) is 10.4 Å². The Kier molecular flexibility index (Phi) is 6.32. The van der Waals surface area contributed by atoms with Gasteiger partial charge in [-0.2, -0.15) is 0 Å². The van der Waals surface area contributed by atoms with Gasteiger partial charge in [-0.25, -0.2) is 13.6 Å². The topological polar surface area (TPSA) is 80.5 Å². The van der Waals surface area contributed by atoms with Crippen molar-refractivity contribution >= 4 is 33.3 Å². The van der Waals surface area contributed by atoms with Crippen LogP contribution in [-0.2, 0) is 14.8 Å². The number of carbonyl (C=O) groups excluding carboxylic acids is 1. The lowest BCUT2D eigenvalue weighted by atomic mass is 10.1. The van der Waals surface area contributed by atoms with Crippen LogP contribution in [0.1, 0.15) is 23.4 Å². The highest BCUT2D eigenvalue weighted by Gasteiger charge is 2.17. The summed E-state index contributed by atoms with van der Waals surface area (Å²) in [5.41, 5.74) is 1.84. The molecule has 0 fully saturated rings. The van der Waals surface area contributed by atoms with Gasteiger partial charge in [-0.15, -0.1) is 11.3 Å². The fourth-order valence-corrected chi connectivity index (χ4v) is 4.32. The van der Waals surface area contributed by atoms with Crippen molar-refractivity contribution in [3.05, 3.63) is 83.2 Å². The van der Waals surface area contributed by atoms with Gasteiger partial charge in [0.25, 0.3) is 0 Å². The summed E-state index contributed by atoms with van der Waals surface area (Å²) in [7, 11) is -2.10. The molecule has 3 rings (SSSR count). The Bertz CT molecular complexity index is 1140. The maximum absolute atomic E-state index is 12.6. The molecule has 2 aromatic carbocycles. The summed E-state index contributed by atoms with van der Waals surface area (Å²) < 4.78 is 23.1. The van der Waals surface area contributed by atoms with Gasteiger partial charge in [0.1, 0.15) is 0 Å². The minimum Gasteiger partial charge on any atom is -0.335 e. The molecular weight excluding hydrogens is 404 g/mol. The number of sulfonamides is 1. The van der Waals surface area contributed by atoms with Crippen LogP contribution in [0.3, 0.4) is 0 Å². The molecule has 0 radical (unpaired) electrons. The van der Waals surface area contributed by atoms with Crippen LogP contribution in [0.4, 0.5) is 0 Å². The first-order valence-corrected chi connectivity index (χ1v) is 11.3. The van der Waals surface area contributed by atoms with Gasteiger partial charge < -0.3 is 4.90 Å². The zero-order valence-electron chi connectivity index (χ0n) is 16.1. The molecule has 1 unspecified atom stereocenters. The van der Waals surface area contributed by atoms with E-state index >= 15 is 0 Å². The number of benzene rings is 2. The Morgan fingerprint density at radius 3 is 2.48 bits per heavy atom. The second-order valence-electron chi connectivity index (χ2n) is 6.64. The Morgan fingerprint density at radius 1 is 1.07 bits per heavy atom. The molecule has 3 aromatic rings. The molecule has 1 amide bonds. The molecule has 1 atom stereocenters. The molecule has 0 aliphatic rings. The van der Waals surface area contributed by atoms with Crippen LogP contribution in [0.2, 0.25) is 0 Å². The minimum atomic E-state index is -3.79. The Labute approximate surface area is 175 Å². The summed E-state index contributed by atoms with van der Waals surface area (Å²) in [6, 6.07) is 20.1. The minimum absolute atomic E-state index is 0.0327. The molecule has 1 aromatic heterocycles. The maximum atomic E-state index is 12.6. The number of primary sulfonamides is 1. The van der Waals surface area contributed by atoms with Crippen LogP contribution in [0.15, 0.2) is 77.7 Å². The number of nitrogens with two attached hydrogens (primary N) is 1. The number of likely N-dealkylation sites (N-methyl/N-ethyl adjacent to an activating group) is 1. The maximum Gasteiger partial charge on any atom is 0.246 e. The van der Waals surface area contributed by atoms with Crippen molar-refractivity contribution in [1.82, 2.24) is 4.90 Å². The molecule has 0 saturated heterocycles. The number of rotatable bonds is 6. The van der Waals surface area contributed by atoms with Gasteiger partial charge >= 0.3 is 0 Å². The first kappa shape index (κ1) is 21.0. The Morgan fingerprint density at radius 2 is 1.79 bits per heavy atom. The monoisotopic (exact) mass is 426 g/mol. The van der Waals surface area contributed by atoms with Crippen LogP contribution in [0, 0.1) is 0 Å². The van der Waals surface area contributed by atoms with E-state index < -0.39 is 10.0 Å². The van der Waals surface area contributed by atoms with Crippen molar-refractivity contribution in [2.45, 2.75) is 17.9 Å². The molecule has 0 aliphatic carbocycles. The smallest absolute Gasteiger partial charge is 0.246 e. The molecule has 0 spiro atoms. The van der Waals surface area contributed by atoms with Gasteiger partial charge in [-0.05, 0) is 48.4 Å². The quantitative estimate of drug-likeness (QED) is 0.597. The largest absolute Gasteiger partial charge is 0.335 e. The highest BCUT2D eigenvalue weighted by Crippen LogP contribution is 2.29. The van der Waals surface area contributed by atoms with Gasteiger partial charge in [0.2, 0.25) is 15.9 Å². The number of carbonyl (C=O) groups is 1. The van der Waals surface area contributed by atoms with Crippen LogP contribution >= 0.6 is 11.3 Å². The fourth-order valence-electron chi connectivity index (χ4n) is 2.84. The van der Waals surface area contributed by atoms with Crippen molar-refractivity contribution in [1.29, 1.82) is 0 Å². The Balaban J connectivity index is 1.71. The summed E-state index contributed by atoms with van der Waals surface area (Å²) in [4.78, 5) is 16.3. The number of hydrogen-bond acceptors (Lipinski definition) is 4. The molecule has 0 saturated carbocycles. The average Bonchev–Trinajstić information content (AvgIpc) is 3.20. The zero-order chi connectivity index (χ0) is 21.0. The third kappa shape index (κ3) is 5.20. The fraction of sp³-hybridized carbons (Fsp3) is 0.136. The van der Waals surface area contributed by atoms with E-state index in [-0.39, 0.29) is 16.8 Å². The van der Waals surface area contributed by atoms with E-state index in [1.54, 1.807) is 41.5 Å². The lowest BCUT2D eigenvalue weighted by Crippen LogP contribution is -2.28. The van der Waals surface area contributed by atoms with E-state index in [2.05, 4.69) is 12.1 Å². The summed E-state index contributed by atoms with van der Waals surface area (Å²) in [5, 5.41) is 5.20. The number of amides is 1. The van der Waals surface area contributed by atoms with Gasteiger partial charge in [0.15, 0.2) is 0 Å². The molecule has 0 bridgehead atoms. The molecular formula is C22H22N2O3S2. The number of hydrogen-bond donors (Lipinski definition) is 1. The van der Waals surface area contributed by atoms with E-state index in [1.807, 2.05) is 37.3 Å². The van der Waals surface area contributed by atoms with Gasteiger partial charge in [0.05, 0.1) is 10.9 Å². The highest BCUT2D eigenvalue weighted by atomic mass is 32.2. The van der Waals surface area contributed by atoms with Crippen LogP contribution in [0.25, 0.3) is 16.5 Å². The van der Waals surface area contributed by atoms with Crippen LogP contribution < -0.4 is 5.14 Å². The summed E-state index contributed by atoms with van der Waals surface area (Å²) in [5.74, 6) is -0.173. The average molecular weight is 427 g/mol. The molecule has 7 heteroatoms. The lowest BCUT2D eigenvalue weighted by molar-refractivity contribution is -0.126. The molecule has 1 heterocycles. The van der Waals surface area contributed by atoms with Crippen molar-refractivity contribution < 1.29 is 13.2 Å². The van der Waals surface area contributed by atoms with E-state index in [9.17, 15) is 13.2 Å². The molecule has 5 nitrogen and oxygen atoms in total. The molecule has 150 valence electrons. The van der Waals surface area contributed by atoms with Gasteiger partial charge in [-0.3, -0.25) is 4.79 Å². The summed E-state index contributed by atoms with van der Waals surface area (Å²) >= 11 is 1.61. The predicted octanol–water partition coefficient (Wildman–Crippen LogP) is 4.30. The third-order valence-electron chi connectivity index (χ3n) is 4.67. The number of thiophene rings is 1. The highest BCUT2D eigenvalue weighted by molar-refractivity contribution is 7.89. The van der Waals surface area contributed by atoms with E-state index in [0.717, 1.165) is 15.3 Å². The molecule has 29 heavy (non-hydrogen) atoms. The second-order valence-corrected chi connectivity index (χ2v) is 9.32. The van der Waals surface area contributed by atoms with Gasteiger partial charge in [-0.1, -0.05) is 42.5 Å². The SMILES string of the molecule is CC(c1cccc(S(N)(=O)=O)c1)N(C)C(=O)/C=C/c1ccc(-c2ccccc2)s1. The second kappa shape index (κ2) is 8.73. The van der Waals surface area contributed by atoms with Crippen molar-refractivity contribution in [2.75, 3.05) is 7.05 Å². The van der Waals surface area contributed by atoms with Crippen molar-refractivity contribution in [2.24, 2.45) is 5.14 Å². The van der Waals surface area contributed by atoms with E-state index in [4.69, 9.17) is 5.14 Å². The van der Waals surface area contributed by atoms with Gasteiger partial charge in [0, 0.05) is 22.9 Å². The first-order chi connectivity index (χ1) is 13.8. The lowest BCUT2D eigenvalue weighted by Gasteiger charge is -2.24. The standard InChI is InChI=1S/C22H22N2O3S2/c1-16(18-9-6-10-20(15-18)29(23,26)27)24(2)22(25)14-12-19-11-13-21(28-19)17-7-4-3-5-8-17/h3-16H,1-2H3,(H2,23,26,27)/b14-12+. The van der Waals surface area contributed by atoms with Crippen molar-refractivity contribution in [3.63, 3.8) is 0 Å².